The number of hydrogen-bond acceptors (Lipinski definition) is 1. The molecular formula is C11H21NO. The molecule has 1 saturated heterocycles. The van der Waals surface area contributed by atoms with Crippen molar-refractivity contribution in [3.05, 3.63) is 0 Å². The Morgan fingerprint density at radius 3 is 2.15 bits per heavy atom. The number of carbonyl (C=O) groups is 1. The van der Waals surface area contributed by atoms with Gasteiger partial charge in [-0.15, -0.1) is 0 Å². The van der Waals surface area contributed by atoms with Crippen molar-refractivity contribution in [3.63, 3.8) is 0 Å². The molecule has 1 rings (SSSR count). The summed E-state index contributed by atoms with van der Waals surface area (Å²) in [6, 6.07) is 0.423. The van der Waals surface area contributed by atoms with Crippen LogP contribution in [-0.4, -0.2) is 23.4 Å². The third-order valence-corrected chi connectivity index (χ3v) is 3.04. The van der Waals surface area contributed by atoms with Gasteiger partial charge in [0.1, 0.15) is 0 Å². The number of carbonyl (C=O) groups excluding carboxylic acids is 1. The summed E-state index contributed by atoms with van der Waals surface area (Å²) in [6.45, 7) is 11.3. The van der Waals surface area contributed by atoms with Crippen molar-refractivity contribution in [3.8, 4) is 0 Å². The Bertz CT molecular complexity index is 205. The molecule has 0 aromatic rings. The highest BCUT2D eigenvalue weighted by atomic mass is 16.2. The van der Waals surface area contributed by atoms with E-state index < -0.39 is 0 Å². The van der Waals surface area contributed by atoms with Crippen LogP contribution in [0.1, 0.15) is 41.0 Å². The van der Waals surface area contributed by atoms with E-state index in [4.69, 9.17) is 0 Å². The van der Waals surface area contributed by atoms with Crippen LogP contribution < -0.4 is 0 Å². The highest BCUT2D eigenvalue weighted by molar-refractivity contribution is 5.82. The van der Waals surface area contributed by atoms with Gasteiger partial charge in [0.15, 0.2) is 0 Å². The Labute approximate surface area is 81.3 Å². The minimum absolute atomic E-state index is 0.224. The van der Waals surface area contributed by atoms with Crippen LogP contribution in [0.5, 0.6) is 0 Å². The van der Waals surface area contributed by atoms with Crippen LogP contribution in [0.2, 0.25) is 0 Å². The quantitative estimate of drug-likeness (QED) is 0.564. The summed E-state index contributed by atoms with van der Waals surface area (Å²) < 4.78 is 0. The Hall–Kier alpha value is -0.530. The van der Waals surface area contributed by atoms with Crippen LogP contribution >= 0.6 is 0 Å². The lowest BCUT2D eigenvalue weighted by molar-refractivity contribution is -0.140. The van der Waals surface area contributed by atoms with Crippen molar-refractivity contribution < 1.29 is 4.79 Å². The third kappa shape index (κ3) is 2.04. The molecule has 0 N–H and O–H groups in total. The zero-order chi connectivity index (χ0) is 10.2. The molecule has 0 unspecified atom stereocenters. The topological polar surface area (TPSA) is 20.3 Å². The van der Waals surface area contributed by atoms with Gasteiger partial charge in [0.25, 0.3) is 0 Å². The highest BCUT2D eigenvalue weighted by Crippen LogP contribution is 2.28. The van der Waals surface area contributed by atoms with E-state index in [1.54, 1.807) is 0 Å². The summed E-state index contributed by atoms with van der Waals surface area (Å²) in [6.07, 6.45) is 1.16. The van der Waals surface area contributed by atoms with Crippen LogP contribution in [-0.2, 0) is 4.79 Å². The molecule has 0 bridgehead atoms. The van der Waals surface area contributed by atoms with E-state index in [0.29, 0.717) is 17.9 Å². The fourth-order valence-corrected chi connectivity index (χ4v) is 1.81. The maximum atomic E-state index is 11.9. The zero-order valence-corrected chi connectivity index (χ0v) is 9.42. The average molecular weight is 183 g/mol. The predicted molar refractivity (Wildman–Crippen MR) is 54.4 cm³/mol. The van der Waals surface area contributed by atoms with E-state index in [1.165, 1.54) is 0 Å². The van der Waals surface area contributed by atoms with E-state index in [9.17, 15) is 4.79 Å². The lowest BCUT2D eigenvalue weighted by Gasteiger charge is -2.30. The molecule has 2 atom stereocenters. The molecule has 1 aliphatic rings. The summed E-state index contributed by atoms with van der Waals surface area (Å²) >= 11 is 0. The number of rotatable bonds is 0. The Morgan fingerprint density at radius 2 is 1.85 bits per heavy atom. The average Bonchev–Trinajstić information content (AvgIpc) is 2.30. The lowest BCUT2D eigenvalue weighted by Crippen LogP contribution is -2.42. The number of nitrogens with zero attached hydrogens (tertiary/aromatic N) is 1. The maximum absolute atomic E-state index is 11.9. The monoisotopic (exact) mass is 183 g/mol. The molecule has 0 radical (unpaired) electrons. The first-order valence-electron chi connectivity index (χ1n) is 5.15. The molecule has 13 heavy (non-hydrogen) atoms. The van der Waals surface area contributed by atoms with Gasteiger partial charge in [0.05, 0.1) is 0 Å². The van der Waals surface area contributed by atoms with Crippen molar-refractivity contribution in [2.45, 2.75) is 47.1 Å². The SMILES string of the molecule is C[C@H]1CCN(C(=O)C(C)(C)C)[C@H]1C. The molecular weight excluding hydrogens is 162 g/mol. The summed E-state index contributed by atoms with van der Waals surface area (Å²) in [7, 11) is 0. The summed E-state index contributed by atoms with van der Waals surface area (Å²) in [5, 5.41) is 0. The highest BCUT2D eigenvalue weighted by Gasteiger charge is 2.35. The van der Waals surface area contributed by atoms with Gasteiger partial charge in [-0.2, -0.15) is 0 Å². The van der Waals surface area contributed by atoms with Gasteiger partial charge in [-0.3, -0.25) is 4.79 Å². The Kier molecular flexibility index (Phi) is 2.69. The smallest absolute Gasteiger partial charge is 0.228 e. The van der Waals surface area contributed by atoms with Gasteiger partial charge in [-0.25, -0.2) is 0 Å². The maximum Gasteiger partial charge on any atom is 0.228 e. The van der Waals surface area contributed by atoms with Crippen LogP contribution in [0.3, 0.4) is 0 Å². The number of amides is 1. The fourth-order valence-electron chi connectivity index (χ4n) is 1.81. The molecule has 0 aromatic heterocycles. The van der Waals surface area contributed by atoms with E-state index in [1.807, 2.05) is 25.7 Å². The summed E-state index contributed by atoms with van der Waals surface area (Å²) in [5.74, 6) is 0.954. The second-order valence-corrected chi connectivity index (χ2v) is 5.26. The second-order valence-electron chi connectivity index (χ2n) is 5.26. The molecule has 76 valence electrons. The van der Waals surface area contributed by atoms with E-state index in [-0.39, 0.29) is 5.41 Å². The zero-order valence-electron chi connectivity index (χ0n) is 9.42. The van der Waals surface area contributed by atoms with E-state index >= 15 is 0 Å². The van der Waals surface area contributed by atoms with Crippen LogP contribution in [0.25, 0.3) is 0 Å². The minimum Gasteiger partial charge on any atom is -0.339 e. The largest absolute Gasteiger partial charge is 0.339 e. The van der Waals surface area contributed by atoms with Crippen molar-refractivity contribution >= 4 is 5.91 Å². The molecule has 0 spiro atoms. The Balaban J connectivity index is 2.69. The molecule has 0 saturated carbocycles. The van der Waals surface area contributed by atoms with Gasteiger partial charge < -0.3 is 4.90 Å². The van der Waals surface area contributed by atoms with Crippen molar-refractivity contribution in [2.24, 2.45) is 11.3 Å². The number of likely N-dealkylation sites (tertiary alicyclic amines) is 1. The van der Waals surface area contributed by atoms with Crippen molar-refractivity contribution in [2.75, 3.05) is 6.54 Å². The summed E-state index contributed by atoms with van der Waals surface area (Å²) in [4.78, 5) is 14.0. The first-order chi connectivity index (χ1) is 5.84. The third-order valence-electron chi connectivity index (χ3n) is 3.04. The molecule has 1 aliphatic heterocycles. The van der Waals surface area contributed by atoms with Crippen molar-refractivity contribution in [1.29, 1.82) is 0 Å². The standard InChI is InChI=1S/C11H21NO/c1-8-6-7-12(9(8)2)10(13)11(3,4)5/h8-9H,6-7H2,1-5H3/t8-,9-/m0/s1. The van der Waals surface area contributed by atoms with Gasteiger partial charge in [0.2, 0.25) is 5.91 Å². The summed E-state index contributed by atoms with van der Waals surface area (Å²) in [5.41, 5.74) is -0.224. The van der Waals surface area contributed by atoms with E-state index in [2.05, 4.69) is 13.8 Å². The molecule has 0 aromatic carbocycles. The van der Waals surface area contributed by atoms with Gasteiger partial charge in [0, 0.05) is 18.0 Å². The molecule has 1 heterocycles. The Morgan fingerprint density at radius 1 is 1.31 bits per heavy atom. The van der Waals surface area contributed by atoms with Crippen LogP contribution in [0, 0.1) is 11.3 Å². The molecule has 2 nitrogen and oxygen atoms in total. The lowest BCUT2D eigenvalue weighted by atomic mass is 9.94. The second kappa shape index (κ2) is 3.32. The minimum atomic E-state index is -0.224. The number of hydrogen-bond donors (Lipinski definition) is 0. The van der Waals surface area contributed by atoms with E-state index in [0.717, 1.165) is 13.0 Å². The predicted octanol–water partition coefficient (Wildman–Crippen LogP) is 2.29. The van der Waals surface area contributed by atoms with Gasteiger partial charge >= 0.3 is 0 Å². The molecule has 1 fully saturated rings. The van der Waals surface area contributed by atoms with Crippen LogP contribution in [0.4, 0.5) is 0 Å². The van der Waals surface area contributed by atoms with Gasteiger partial charge in [-0.05, 0) is 19.3 Å². The molecule has 1 amide bonds. The molecule has 2 heteroatoms. The normalized spacial score (nSPS) is 29.5. The van der Waals surface area contributed by atoms with Crippen molar-refractivity contribution in [1.82, 2.24) is 4.90 Å². The fraction of sp³-hybridized carbons (Fsp3) is 0.909. The molecule has 0 aliphatic carbocycles. The van der Waals surface area contributed by atoms with Gasteiger partial charge in [-0.1, -0.05) is 27.7 Å². The van der Waals surface area contributed by atoms with Crippen LogP contribution in [0.15, 0.2) is 0 Å². The first kappa shape index (κ1) is 10.6. The first-order valence-corrected chi connectivity index (χ1v) is 5.15.